The van der Waals surface area contributed by atoms with Crippen LogP contribution in [0.1, 0.15) is 51.1 Å². The lowest BCUT2D eigenvalue weighted by molar-refractivity contribution is -0.475. The first-order valence-corrected chi connectivity index (χ1v) is 23.9. The van der Waals surface area contributed by atoms with Gasteiger partial charge in [-0.05, 0) is 84.0 Å². The molecule has 332 valence electrons. The molecule has 0 spiro atoms. The summed E-state index contributed by atoms with van der Waals surface area (Å²) in [5.74, 6) is 0.376. The minimum atomic E-state index is -4.70. The SMILES string of the molecule is COc1cc2c(cc1OCCCOc1cc3c(cc1OC)C(=O)N1C=C(c4ccc(SC)cc4)C[C@H]1C(S(=O)(=O)O)N3)NC(OOOS)[C@@H]1CC(c3ccc(SC)cc3)=CN1C2=O. The average Bonchev–Trinajstić information content (AvgIpc) is 3.90. The van der Waals surface area contributed by atoms with Crippen molar-refractivity contribution in [2.75, 3.05) is 50.6 Å². The highest BCUT2D eigenvalue weighted by atomic mass is 32.2. The minimum absolute atomic E-state index is 0.118. The molecule has 63 heavy (non-hydrogen) atoms. The van der Waals surface area contributed by atoms with Crippen LogP contribution in [0.5, 0.6) is 23.0 Å². The van der Waals surface area contributed by atoms with Gasteiger partial charge in [0.25, 0.3) is 21.9 Å². The summed E-state index contributed by atoms with van der Waals surface area (Å²) in [4.78, 5) is 38.8. The van der Waals surface area contributed by atoms with Gasteiger partial charge in [0.1, 0.15) is 0 Å². The second-order valence-electron chi connectivity index (χ2n) is 14.8. The molecule has 0 aromatic heterocycles. The van der Waals surface area contributed by atoms with Crippen molar-refractivity contribution in [3.63, 3.8) is 0 Å². The fraction of sp³-hybridized carbons (Fsp3) is 0.302. The number of hydrogen-bond donors (Lipinski definition) is 4. The van der Waals surface area contributed by atoms with Crippen molar-refractivity contribution in [2.45, 2.75) is 52.7 Å². The van der Waals surface area contributed by atoms with E-state index in [1.54, 1.807) is 46.8 Å². The summed E-state index contributed by atoms with van der Waals surface area (Å²) in [6.45, 7) is 0.267. The van der Waals surface area contributed by atoms with E-state index < -0.39 is 39.7 Å². The lowest BCUT2D eigenvalue weighted by atomic mass is 10.0. The molecule has 2 unspecified atom stereocenters. The Kier molecular flexibility index (Phi) is 13.4. The maximum absolute atomic E-state index is 14.1. The first-order valence-electron chi connectivity index (χ1n) is 19.6. The number of amides is 2. The topological polar surface area (TPSA) is 184 Å². The van der Waals surface area contributed by atoms with Crippen LogP contribution in [-0.2, 0) is 24.4 Å². The molecular weight excluding hydrogens is 893 g/mol. The van der Waals surface area contributed by atoms with Gasteiger partial charge in [-0.15, -0.1) is 27.9 Å². The molecule has 0 aliphatic carbocycles. The van der Waals surface area contributed by atoms with E-state index in [0.717, 1.165) is 32.1 Å². The average molecular weight is 937 g/mol. The summed E-state index contributed by atoms with van der Waals surface area (Å²) in [6.07, 6.45) is 7.56. The third-order valence-corrected chi connectivity index (χ3v) is 13.8. The number of fused-ring (bicyclic) bond motifs is 4. The number of anilines is 2. The number of nitrogens with zero attached hydrogens (tertiary/aromatic N) is 2. The molecule has 20 heteroatoms. The van der Waals surface area contributed by atoms with Crippen molar-refractivity contribution in [1.82, 2.24) is 9.80 Å². The van der Waals surface area contributed by atoms with Gasteiger partial charge in [0.15, 0.2) is 34.6 Å². The first kappa shape index (κ1) is 44.5. The van der Waals surface area contributed by atoms with Crippen molar-refractivity contribution >= 4 is 80.9 Å². The van der Waals surface area contributed by atoms with Crippen LogP contribution in [0.15, 0.2) is 95.0 Å². The number of thiol groups is 1. The van der Waals surface area contributed by atoms with Gasteiger partial charge in [-0.2, -0.15) is 13.3 Å². The Hall–Kier alpha value is -5.06. The lowest BCUT2D eigenvalue weighted by Gasteiger charge is -2.26. The van der Waals surface area contributed by atoms with Crippen LogP contribution < -0.4 is 29.6 Å². The van der Waals surface area contributed by atoms with E-state index in [1.165, 1.54) is 31.3 Å². The highest BCUT2D eigenvalue weighted by Gasteiger charge is 2.46. The zero-order chi connectivity index (χ0) is 44.4. The van der Waals surface area contributed by atoms with Crippen LogP contribution in [-0.4, -0.2) is 98.2 Å². The molecule has 4 aliphatic heterocycles. The van der Waals surface area contributed by atoms with Crippen LogP contribution in [0.3, 0.4) is 0 Å². The van der Waals surface area contributed by atoms with Gasteiger partial charge < -0.3 is 39.4 Å². The van der Waals surface area contributed by atoms with E-state index in [0.29, 0.717) is 35.6 Å². The molecule has 4 aromatic carbocycles. The van der Waals surface area contributed by atoms with Gasteiger partial charge in [-0.3, -0.25) is 14.1 Å². The number of carbonyl (C=O) groups excluding carboxylic acids is 2. The Morgan fingerprint density at radius 1 is 0.714 bits per heavy atom. The molecule has 4 aromatic rings. The maximum atomic E-state index is 14.1. The van der Waals surface area contributed by atoms with Crippen LogP contribution in [0.2, 0.25) is 0 Å². The van der Waals surface area contributed by atoms with E-state index in [-0.39, 0.29) is 48.3 Å². The summed E-state index contributed by atoms with van der Waals surface area (Å²) in [7, 11) is -1.79. The van der Waals surface area contributed by atoms with Crippen molar-refractivity contribution in [2.24, 2.45) is 0 Å². The van der Waals surface area contributed by atoms with Gasteiger partial charge >= 0.3 is 0 Å². The molecule has 0 bridgehead atoms. The number of rotatable bonds is 16. The first-order chi connectivity index (χ1) is 30.4. The van der Waals surface area contributed by atoms with Crippen LogP contribution in [0.4, 0.5) is 11.4 Å². The molecule has 16 nitrogen and oxygen atoms in total. The fourth-order valence-electron chi connectivity index (χ4n) is 8.08. The van der Waals surface area contributed by atoms with Gasteiger partial charge in [0.05, 0.1) is 62.0 Å². The summed E-state index contributed by atoms with van der Waals surface area (Å²) in [5.41, 5.74) is 4.55. The highest BCUT2D eigenvalue weighted by molar-refractivity contribution is 7.98. The Labute approximate surface area is 378 Å². The van der Waals surface area contributed by atoms with Gasteiger partial charge in [-0.25, -0.2) is 0 Å². The molecule has 0 saturated carbocycles. The molecule has 0 radical (unpaired) electrons. The standard InChI is InChI=1S/C43H44N4O12S4/c1-53-36-18-30-32(44-40(57-58-59-60)34-16-26(22-46(34)42(30)48)24-6-10-28(61-3)11-7-24)20-38(36)55-14-5-15-56-39-21-33-31(19-37(39)54-2)43(49)47-23-27(25-8-12-29(62-4)13-9-25)17-35(47)41(45-33)63(50,51)52/h6-13,18-23,34-35,40-41,44-45,60H,5,14-17H2,1-4H3,(H,50,51,52)/t34-,35-,40?,41?/m0/s1. The summed E-state index contributed by atoms with van der Waals surface area (Å²) in [6, 6.07) is 20.6. The van der Waals surface area contributed by atoms with Gasteiger partial charge in [-0.1, -0.05) is 29.3 Å². The Bertz CT molecular complexity index is 2560. The molecule has 0 saturated heterocycles. The van der Waals surface area contributed by atoms with E-state index in [9.17, 15) is 22.6 Å². The number of thioether (sulfide) groups is 2. The van der Waals surface area contributed by atoms with Crippen molar-refractivity contribution < 1.29 is 55.8 Å². The number of ether oxygens (including phenoxy) is 4. The smallest absolute Gasteiger partial charge is 0.288 e. The Morgan fingerprint density at radius 3 is 1.65 bits per heavy atom. The zero-order valence-electron chi connectivity index (χ0n) is 34.4. The molecule has 3 N–H and O–H groups in total. The second-order valence-corrected chi connectivity index (χ2v) is 18.2. The molecule has 4 aliphatic rings. The quantitative estimate of drug-likeness (QED) is 0.0164. The highest BCUT2D eigenvalue weighted by Crippen LogP contribution is 2.44. The number of nitrogens with one attached hydrogen (secondary N) is 2. The number of methoxy groups -OCH3 is 2. The molecular formula is C43H44N4O12S4. The summed E-state index contributed by atoms with van der Waals surface area (Å²) in [5, 5.41) is 9.42. The predicted molar refractivity (Wildman–Crippen MR) is 242 cm³/mol. The van der Waals surface area contributed by atoms with E-state index in [4.69, 9.17) is 28.9 Å². The van der Waals surface area contributed by atoms with E-state index in [2.05, 4.69) is 27.9 Å². The lowest BCUT2D eigenvalue weighted by Crippen LogP contribution is -2.46. The van der Waals surface area contributed by atoms with E-state index in [1.807, 2.05) is 67.2 Å². The van der Waals surface area contributed by atoms with Gasteiger partial charge in [0, 0.05) is 53.7 Å². The van der Waals surface area contributed by atoms with Crippen molar-refractivity contribution in [3.8, 4) is 23.0 Å². The Balaban J connectivity index is 0.967. The Morgan fingerprint density at radius 2 is 1.19 bits per heavy atom. The molecule has 4 atom stereocenters. The van der Waals surface area contributed by atoms with Crippen molar-refractivity contribution in [3.05, 3.63) is 107 Å². The predicted octanol–water partition coefficient (Wildman–Crippen LogP) is 7.62. The maximum Gasteiger partial charge on any atom is 0.288 e. The molecule has 2 amide bonds. The zero-order valence-corrected chi connectivity index (χ0v) is 37.8. The van der Waals surface area contributed by atoms with E-state index >= 15 is 0 Å². The molecule has 4 heterocycles. The fourth-order valence-corrected chi connectivity index (χ4v) is 9.83. The van der Waals surface area contributed by atoms with Gasteiger partial charge in [0.2, 0.25) is 0 Å². The molecule has 0 fully saturated rings. The number of benzene rings is 4. The number of hydrogen-bond acceptors (Lipinski definition) is 16. The molecule has 8 rings (SSSR count). The summed E-state index contributed by atoms with van der Waals surface area (Å²) < 4.78 is 64.1. The largest absolute Gasteiger partial charge is 0.493 e. The number of carbonyl (C=O) groups is 2. The third-order valence-electron chi connectivity index (χ3n) is 11.2. The third kappa shape index (κ3) is 9.17. The van der Waals surface area contributed by atoms with Crippen molar-refractivity contribution in [1.29, 1.82) is 0 Å². The summed E-state index contributed by atoms with van der Waals surface area (Å²) >= 11 is 6.88. The monoisotopic (exact) mass is 936 g/mol. The van der Waals surface area contributed by atoms with Crippen LogP contribution >= 0.6 is 36.4 Å². The normalized spacial score (nSPS) is 20.2. The minimum Gasteiger partial charge on any atom is -0.493 e. The van der Waals surface area contributed by atoms with Crippen LogP contribution in [0.25, 0.3) is 11.1 Å². The van der Waals surface area contributed by atoms with Crippen LogP contribution in [0, 0.1) is 0 Å². The second kappa shape index (κ2) is 19.0.